The molecule has 0 aliphatic heterocycles. The van der Waals surface area contributed by atoms with Crippen molar-refractivity contribution in [3.05, 3.63) is 77.6 Å². The molecule has 2 N–H and O–H groups in total. The molecule has 0 unspecified atom stereocenters. The molecule has 4 nitrogen and oxygen atoms in total. The third kappa shape index (κ3) is 4.04. The monoisotopic (exact) mass is 326 g/mol. The molecule has 0 atom stereocenters. The molecule has 0 amide bonds. The highest BCUT2D eigenvalue weighted by molar-refractivity contribution is 5.59. The maximum atomic E-state index is 13.7. The van der Waals surface area contributed by atoms with E-state index in [2.05, 4.69) is 20.6 Å². The van der Waals surface area contributed by atoms with Crippen molar-refractivity contribution >= 4 is 17.3 Å². The van der Waals surface area contributed by atoms with E-state index in [-0.39, 0.29) is 11.6 Å². The highest BCUT2D eigenvalue weighted by Gasteiger charge is 2.05. The maximum absolute atomic E-state index is 13.7. The van der Waals surface area contributed by atoms with Gasteiger partial charge in [0.2, 0.25) is 0 Å². The lowest BCUT2D eigenvalue weighted by atomic mass is 10.2. The van der Waals surface area contributed by atoms with Crippen LogP contribution in [0.2, 0.25) is 0 Å². The first kappa shape index (κ1) is 15.9. The van der Waals surface area contributed by atoms with Crippen LogP contribution in [-0.2, 0) is 6.54 Å². The minimum Gasteiger partial charge on any atom is -0.366 e. The zero-order chi connectivity index (χ0) is 16.9. The van der Waals surface area contributed by atoms with Crippen LogP contribution in [0.3, 0.4) is 0 Å². The summed E-state index contributed by atoms with van der Waals surface area (Å²) in [5, 5.41) is 6.10. The summed E-state index contributed by atoms with van der Waals surface area (Å²) in [4.78, 5) is 8.56. The number of anilines is 3. The van der Waals surface area contributed by atoms with Gasteiger partial charge in [0, 0.05) is 12.6 Å². The molecular weight excluding hydrogens is 310 g/mol. The van der Waals surface area contributed by atoms with Crippen LogP contribution in [0.1, 0.15) is 11.4 Å². The van der Waals surface area contributed by atoms with Crippen molar-refractivity contribution in [2.75, 3.05) is 10.6 Å². The fourth-order valence-corrected chi connectivity index (χ4v) is 2.22. The predicted molar refractivity (Wildman–Crippen MR) is 90.2 cm³/mol. The highest BCUT2D eigenvalue weighted by Crippen LogP contribution is 2.20. The van der Waals surface area contributed by atoms with E-state index >= 15 is 0 Å². The number of halogens is 2. The molecule has 0 aliphatic carbocycles. The Labute approximate surface area is 138 Å². The standard InChI is InChI=1S/C18H16F2N4/c1-12-22-17(21-11-13-6-8-14(19)9-7-13)10-18(23-12)24-16-5-3-2-4-15(16)20/h2-10H,11H2,1H3,(H2,21,22,23,24). The third-order valence-corrected chi connectivity index (χ3v) is 3.36. The number of para-hydroxylation sites is 1. The van der Waals surface area contributed by atoms with Crippen molar-refractivity contribution in [1.82, 2.24) is 9.97 Å². The summed E-state index contributed by atoms with van der Waals surface area (Å²) < 4.78 is 26.6. The van der Waals surface area contributed by atoms with Crippen LogP contribution in [0.4, 0.5) is 26.1 Å². The second-order valence-corrected chi connectivity index (χ2v) is 5.27. The van der Waals surface area contributed by atoms with E-state index in [1.807, 2.05) is 0 Å². The molecule has 0 saturated heterocycles. The molecule has 0 aliphatic rings. The summed E-state index contributed by atoms with van der Waals surface area (Å²) in [5.41, 5.74) is 1.27. The summed E-state index contributed by atoms with van der Waals surface area (Å²) in [5.74, 6) is 1.03. The zero-order valence-electron chi connectivity index (χ0n) is 13.1. The van der Waals surface area contributed by atoms with Crippen LogP contribution >= 0.6 is 0 Å². The van der Waals surface area contributed by atoms with Gasteiger partial charge in [0.25, 0.3) is 0 Å². The minimum absolute atomic E-state index is 0.270. The van der Waals surface area contributed by atoms with Crippen molar-refractivity contribution in [2.24, 2.45) is 0 Å². The molecule has 3 aromatic rings. The molecule has 1 heterocycles. The summed E-state index contributed by atoms with van der Waals surface area (Å²) in [6.45, 7) is 2.26. The first-order valence-electron chi connectivity index (χ1n) is 7.46. The van der Waals surface area contributed by atoms with Gasteiger partial charge >= 0.3 is 0 Å². The van der Waals surface area contributed by atoms with Gasteiger partial charge in [0.05, 0.1) is 5.69 Å². The number of rotatable bonds is 5. The Morgan fingerprint density at radius 3 is 2.38 bits per heavy atom. The van der Waals surface area contributed by atoms with Crippen molar-refractivity contribution in [3.63, 3.8) is 0 Å². The third-order valence-electron chi connectivity index (χ3n) is 3.36. The number of benzene rings is 2. The molecule has 24 heavy (non-hydrogen) atoms. The molecule has 3 rings (SSSR count). The van der Waals surface area contributed by atoms with E-state index in [1.54, 1.807) is 43.3 Å². The summed E-state index contributed by atoms with van der Waals surface area (Å²) in [6.07, 6.45) is 0. The van der Waals surface area contributed by atoms with Crippen LogP contribution < -0.4 is 10.6 Å². The topological polar surface area (TPSA) is 49.8 Å². The van der Waals surface area contributed by atoms with Gasteiger partial charge in [0.1, 0.15) is 29.1 Å². The Bertz CT molecular complexity index is 835. The lowest BCUT2D eigenvalue weighted by Gasteiger charge is -2.11. The normalized spacial score (nSPS) is 10.5. The number of nitrogens with one attached hydrogen (secondary N) is 2. The molecular formula is C18H16F2N4. The molecule has 2 aromatic carbocycles. The maximum Gasteiger partial charge on any atom is 0.146 e. The molecule has 0 spiro atoms. The van der Waals surface area contributed by atoms with Crippen molar-refractivity contribution in [3.8, 4) is 0 Å². The van der Waals surface area contributed by atoms with Gasteiger partial charge in [0.15, 0.2) is 0 Å². The van der Waals surface area contributed by atoms with Gasteiger partial charge in [-0.3, -0.25) is 0 Å². The highest BCUT2D eigenvalue weighted by atomic mass is 19.1. The van der Waals surface area contributed by atoms with Gasteiger partial charge in [-0.25, -0.2) is 18.7 Å². The number of hydrogen-bond donors (Lipinski definition) is 2. The Kier molecular flexibility index (Phi) is 4.65. The van der Waals surface area contributed by atoms with Crippen LogP contribution in [-0.4, -0.2) is 9.97 Å². The fraction of sp³-hybridized carbons (Fsp3) is 0.111. The lowest BCUT2D eigenvalue weighted by Crippen LogP contribution is -2.05. The van der Waals surface area contributed by atoms with E-state index in [1.165, 1.54) is 18.2 Å². The van der Waals surface area contributed by atoms with Crippen LogP contribution in [0.25, 0.3) is 0 Å². The lowest BCUT2D eigenvalue weighted by molar-refractivity contribution is 0.627. The second-order valence-electron chi connectivity index (χ2n) is 5.27. The average molecular weight is 326 g/mol. The van der Waals surface area contributed by atoms with Gasteiger partial charge in [-0.2, -0.15) is 0 Å². The molecule has 6 heteroatoms. The Morgan fingerprint density at radius 1 is 0.917 bits per heavy atom. The van der Waals surface area contributed by atoms with E-state index < -0.39 is 0 Å². The Balaban J connectivity index is 1.74. The number of hydrogen-bond acceptors (Lipinski definition) is 4. The molecule has 1 aromatic heterocycles. The number of aromatic nitrogens is 2. The van der Waals surface area contributed by atoms with Crippen LogP contribution in [0, 0.1) is 18.6 Å². The first-order valence-corrected chi connectivity index (χ1v) is 7.46. The molecule has 0 bridgehead atoms. The van der Waals surface area contributed by atoms with Crippen molar-refractivity contribution < 1.29 is 8.78 Å². The van der Waals surface area contributed by atoms with Crippen LogP contribution in [0.5, 0.6) is 0 Å². The summed E-state index contributed by atoms with van der Waals surface area (Å²) >= 11 is 0. The minimum atomic E-state index is -0.352. The molecule has 0 fully saturated rings. The zero-order valence-corrected chi connectivity index (χ0v) is 13.1. The fourth-order valence-electron chi connectivity index (χ4n) is 2.22. The summed E-state index contributed by atoms with van der Waals surface area (Å²) in [7, 11) is 0. The number of nitrogens with zero attached hydrogens (tertiary/aromatic N) is 2. The van der Waals surface area contributed by atoms with E-state index in [9.17, 15) is 8.78 Å². The number of aryl methyl sites for hydroxylation is 1. The smallest absolute Gasteiger partial charge is 0.146 e. The van der Waals surface area contributed by atoms with E-state index in [0.29, 0.717) is 29.7 Å². The quantitative estimate of drug-likeness (QED) is 0.729. The average Bonchev–Trinajstić information content (AvgIpc) is 2.56. The Morgan fingerprint density at radius 2 is 1.62 bits per heavy atom. The molecule has 122 valence electrons. The van der Waals surface area contributed by atoms with Gasteiger partial charge in [-0.15, -0.1) is 0 Å². The largest absolute Gasteiger partial charge is 0.366 e. The molecule has 0 saturated carbocycles. The SMILES string of the molecule is Cc1nc(NCc2ccc(F)cc2)cc(Nc2ccccc2F)n1. The van der Waals surface area contributed by atoms with E-state index in [4.69, 9.17) is 0 Å². The van der Waals surface area contributed by atoms with E-state index in [0.717, 1.165) is 5.56 Å². The summed E-state index contributed by atoms with van der Waals surface area (Å²) in [6, 6.07) is 14.3. The van der Waals surface area contributed by atoms with Gasteiger partial charge < -0.3 is 10.6 Å². The van der Waals surface area contributed by atoms with Crippen LogP contribution in [0.15, 0.2) is 54.6 Å². The predicted octanol–water partition coefficient (Wildman–Crippen LogP) is 4.42. The second kappa shape index (κ2) is 7.04. The first-order chi connectivity index (χ1) is 11.6. The van der Waals surface area contributed by atoms with Gasteiger partial charge in [-0.05, 0) is 36.8 Å². The van der Waals surface area contributed by atoms with Crippen molar-refractivity contribution in [2.45, 2.75) is 13.5 Å². The van der Waals surface area contributed by atoms with Gasteiger partial charge in [-0.1, -0.05) is 24.3 Å². The Hall–Kier alpha value is -3.02. The molecule has 0 radical (unpaired) electrons. The van der Waals surface area contributed by atoms with Crippen molar-refractivity contribution in [1.29, 1.82) is 0 Å².